The Kier molecular flexibility index (Phi) is 3.52. The van der Waals surface area contributed by atoms with Crippen LogP contribution in [0.3, 0.4) is 0 Å². The zero-order valence-corrected chi connectivity index (χ0v) is 9.32. The maximum Gasteiger partial charge on any atom is 0.190 e. The lowest BCUT2D eigenvalue weighted by Crippen LogP contribution is -2.25. The first kappa shape index (κ1) is 12.2. The van der Waals surface area contributed by atoms with Crippen molar-refractivity contribution in [2.45, 2.75) is 24.9 Å². The van der Waals surface area contributed by atoms with Gasteiger partial charge < -0.3 is 5.11 Å². The third-order valence-corrected chi connectivity index (χ3v) is 2.44. The predicted molar refractivity (Wildman–Crippen MR) is 61.5 cm³/mol. The second-order valence-electron chi connectivity index (χ2n) is 3.85. The smallest absolute Gasteiger partial charge is 0.190 e. The molecule has 0 spiro atoms. The minimum absolute atomic E-state index is 0.459. The van der Waals surface area contributed by atoms with E-state index in [-0.39, 0.29) is 0 Å². The monoisotopic (exact) mass is 223 g/mol. The van der Waals surface area contributed by atoms with E-state index >= 15 is 0 Å². The standard InChI is InChI=1S/C10H11BClNO2/c1-10(2,14)7-5-6(9(12)13-15)3-4-8(7)11/h3-5,9,14H,1-2H3. The van der Waals surface area contributed by atoms with E-state index in [1.54, 1.807) is 32.0 Å². The highest BCUT2D eigenvalue weighted by Gasteiger charge is 2.20. The minimum Gasteiger partial charge on any atom is -0.386 e. The molecule has 15 heavy (non-hydrogen) atoms. The summed E-state index contributed by atoms with van der Waals surface area (Å²) >= 11 is 5.66. The first-order valence-corrected chi connectivity index (χ1v) is 4.88. The van der Waals surface area contributed by atoms with Gasteiger partial charge in [-0.15, -0.1) is 4.91 Å². The Balaban J connectivity index is 3.22. The van der Waals surface area contributed by atoms with Crippen molar-refractivity contribution in [2.75, 3.05) is 0 Å². The quantitative estimate of drug-likeness (QED) is 0.367. The van der Waals surface area contributed by atoms with Gasteiger partial charge >= 0.3 is 0 Å². The highest BCUT2D eigenvalue weighted by Crippen LogP contribution is 2.25. The van der Waals surface area contributed by atoms with Crippen LogP contribution >= 0.6 is 11.6 Å². The largest absolute Gasteiger partial charge is 0.386 e. The van der Waals surface area contributed by atoms with Gasteiger partial charge in [-0.25, -0.2) is 0 Å². The Hall–Kier alpha value is -0.865. The molecule has 1 N–H and O–H groups in total. The molecular formula is C10H11BClNO2. The van der Waals surface area contributed by atoms with Crippen LogP contribution in [0.2, 0.25) is 0 Å². The molecule has 5 heteroatoms. The van der Waals surface area contributed by atoms with Crippen molar-refractivity contribution in [3.8, 4) is 0 Å². The van der Waals surface area contributed by atoms with Gasteiger partial charge in [-0.1, -0.05) is 35.3 Å². The number of nitrogens with zero attached hydrogens (tertiary/aromatic N) is 1. The highest BCUT2D eigenvalue weighted by molar-refractivity contribution is 6.33. The van der Waals surface area contributed by atoms with Gasteiger partial charge in [-0.2, -0.15) is 0 Å². The third kappa shape index (κ3) is 2.80. The Morgan fingerprint density at radius 3 is 2.60 bits per heavy atom. The van der Waals surface area contributed by atoms with Crippen LogP contribution in [0, 0.1) is 4.91 Å². The molecule has 0 heterocycles. The maximum absolute atomic E-state index is 10.3. The Morgan fingerprint density at radius 2 is 2.13 bits per heavy atom. The summed E-state index contributed by atoms with van der Waals surface area (Å²) in [7, 11) is 5.71. The molecule has 0 aliphatic rings. The van der Waals surface area contributed by atoms with Crippen LogP contribution in [0.4, 0.5) is 0 Å². The molecule has 0 aliphatic carbocycles. The number of aliphatic hydroxyl groups is 1. The molecular weight excluding hydrogens is 212 g/mol. The van der Waals surface area contributed by atoms with E-state index < -0.39 is 11.1 Å². The van der Waals surface area contributed by atoms with Gasteiger partial charge in [-0.05, 0) is 30.2 Å². The Labute approximate surface area is 94.8 Å². The van der Waals surface area contributed by atoms with E-state index in [0.29, 0.717) is 16.6 Å². The summed E-state index contributed by atoms with van der Waals surface area (Å²) in [6, 6.07) is 4.81. The van der Waals surface area contributed by atoms with E-state index in [9.17, 15) is 10.0 Å². The van der Waals surface area contributed by atoms with Crippen LogP contribution in [0.5, 0.6) is 0 Å². The van der Waals surface area contributed by atoms with E-state index in [1.165, 1.54) is 0 Å². The number of hydrogen-bond acceptors (Lipinski definition) is 3. The molecule has 1 rings (SSSR count). The number of hydrogen-bond donors (Lipinski definition) is 1. The lowest BCUT2D eigenvalue weighted by Gasteiger charge is -2.21. The molecule has 2 radical (unpaired) electrons. The van der Waals surface area contributed by atoms with Gasteiger partial charge in [0.2, 0.25) is 0 Å². The summed E-state index contributed by atoms with van der Waals surface area (Å²) in [5.41, 5.74) is -0.500. The minimum atomic E-state index is -1.07. The molecule has 1 atom stereocenters. The summed E-state index contributed by atoms with van der Waals surface area (Å²) in [5.74, 6) is 0. The summed E-state index contributed by atoms with van der Waals surface area (Å²) < 4.78 is 0. The van der Waals surface area contributed by atoms with Gasteiger partial charge in [0, 0.05) is 0 Å². The van der Waals surface area contributed by atoms with Gasteiger partial charge in [0.25, 0.3) is 0 Å². The average molecular weight is 223 g/mol. The Morgan fingerprint density at radius 1 is 1.53 bits per heavy atom. The molecule has 0 aromatic heterocycles. The molecule has 3 nitrogen and oxygen atoms in total. The molecule has 0 saturated carbocycles. The van der Waals surface area contributed by atoms with Gasteiger partial charge in [0.05, 0.1) is 5.60 Å². The van der Waals surface area contributed by atoms with E-state index in [0.717, 1.165) is 0 Å². The van der Waals surface area contributed by atoms with Crippen molar-refractivity contribution >= 4 is 24.9 Å². The number of benzene rings is 1. The second kappa shape index (κ2) is 4.33. The van der Waals surface area contributed by atoms with Crippen LogP contribution < -0.4 is 5.46 Å². The molecule has 78 valence electrons. The van der Waals surface area contributed by atoms with Crippen molar-refractivity contribution in [3.63, 3.8) is 0 Å². The molecule has 1 aromatic rings. The summed E-state index contributed by atoms with van der Waals surface area (Å²) in [6.07, 6.45) is 0. The van der Waals surface area contributed by atoms with Crippen LogP contribution in [0.15, 0.2) is 23.4 Å². The number of nitroso groups, excluding NO2 is 1. The first-order chi connectivity index (χ1) is 6.86. The van der Waals surface area contributed by atoms with Crippen LogP contribution in [0.1, 0.15) is 30.5 Å². The lowest BCUT2D eigenvalue weighted by molar-refractivity contribution is 0.0796. The topological polar surface area (TPSA) is 49.7 Å². The molecule has 0 fully saturated rings. The summed E-state index contributed by atoms with van der Waals surface area (Å²) in [4.78, 5) is 10.3. The zero-order valence-electron chi connectivity index (χ0n) is 8.57. The third-order valence-electron chi connectivity index (χ3n) is 2.10. The van der Waals surface area contributed by atoms with E-state index in [2.05, 4.69) is 5.18 Å². The summed E-state index contributed by atoms with van der Waals surface area (Å²) in [6.45, 7) is 3.22. The predicted octanol–water partition coefficient (Wildman–Crippen LogP) is 1.71. The molecule has 0 bridgehead atoms. The lowest BCUT2D eigenvalue weighted by atomic mass is 9.82. The fourth-order valence-corrected chi connectivity index (χ4v) is 1.45. The molecule has 0 aliphatic heterocycles. The van der Waals surface area contributed by atoms with Crippen LogP contribution in [0.25, 0.3) is 0 Å². The molecule has 1 aromatic carbocycles. The van der Waals surface area contributed by atoms with Gasteiger partial charge in [0.1, 0.15) is 7.85 Å². The van der Waals surface area contributed by atoms with Crippen molar-refractivity contribution in [3.05, 3.63) is 34.2 Å². The number of alkyl halides is 1. The fourth-order valence-electron chi connectivity index (χ4n) is 1.31. The fraction of sp³-hybridized carbons (Fsp3) is 0.400. The van der Waals surface area contributed by atoms with Gasteiger partial charge in [0.15, 0.2) is 5.50 Å². The number of halogens is 1. The maximum atomic E-state index is 10.3. The van der Waals surface area contributed by atoms with E-state index in [1.807, 2.05) is 0 Å². The van der Waals surface area contributed by atoms with Crippen molar-refractivity contribution in [1.82, 2.24) is 0 Å². The average Bonchev–Trinajstić information content (AvgIpc) is 2.15. The first-order valence-electron chi connectivity index (χ1n) is 4.45. The number of rotatable bonds is 3. The molecule has 1 unspecified atom stereocenters. The normalized spacial score (nSPS) is 13.6. The van der Waals surface area contributed by atoms with Crippen molar-refractivity contribution < 1.29 is 5.11 Å². The SMILES string of the molecule is [B]c1ccc(C(Cl)N=O)cc1C(C)(C)O. The van der Waals surface area contributed by atoms with Crippen molar-refractivity contribution in [1.29, 1.82) is 0 Å². The van der Waals surface area contributed by atoms with Gasteiger partial charge in [-0.3, -0.25) is 0 Å². The highest BCUT2D eigenvalue weighted by atomic mass is 35.5. The zero-order chi connectivity index (χ0) is 11.6. The molecule has 0 amide bonds. The Bertz CT molecular complexity index is 376. The second-order valence-corrected chi connectivity index (χ2v) is 4.26. The van der Waals surface area contributed by atoms with E-state index in [4.69, 9.17) is 19.4 Å². The van der Waals surface area contributed by atoms with Crippen LogP contribution in [-0.4, -0.2) is 13.0 Å². The van der Waals surface area contributed by atoms with Crippen LogP contribution in [-0.2, 0) is 5.60 Å². The molecule has 0 saturated heterocycles. The summed E-state index contributed by atoms with van der Waals surface area (Å²) in [5, 5.41) is 12.5. The van der Waals surface area contributed by atoms with Crippen molar-refractivity contribution in [2.24, 2.45) is 5.18 Å².